The molecule has 6 nitrogen and oxygen atoms in total. The fourth-order valence-electron chi connectivity index (χ4n) is 3.00. The molecular formula is C19H23NO5S. The first-order valence-electron chi connectivity index (χ1n) is 8.53. The van der Waals surface area contributed by atoms with Crippen molar-refractivity contribution < 1.29 is 22.6 Å². The van der Waals surface area contributed by atoms with Crippen LogP contribution in [0.1, 0.15) is 25.7 Å². The highest BCUT2D eigenvalue weighted by atomic mass is 32.2. The number of sulfonamides is 1. The molecule has 1 saturated carbocycles. The summed E-state index contributed by atoms with van der Waals surface area (Å²) < 4.78 is 43.9. The molecule has 7 heteroatoms. The highest BCUT2D eigenvalue weighted by Gasteiger charge is 2.18. The minimum Gasteiger partial charge on any atom is -0.493 e. The van der Waals surface area contributed by atoms with Gasteiger partial charge in [-0.25, -0.2) is 8.42 Å². The third kappa shape index (κ3) is 4.22. The lowest BCUT2D eigenvalue weighted by atomic mass is 10.3. The van der Waals surface area contributed by atoms with E-state index in [0.29, 0.717) is 17.2 Å². The summed E-state index contributed by atoms with van der Waals surface area (Å²) in [6, 6.07) is 11.4. The van der Waals surface area contributed by atoms with Gasteiger partial charge in [0.25, 0.3) is 10.0 Å². The maximum atomic E-state index is 12.6. The van der Waals surface area contributed by atoms with Crippen molar-refractivity contribution in [1.82, 2.24) is 0 Å². The molecule has 1 N–H and O–H groups in total. The first-order valence-corrected chi connectivity index (χ1v) is 10.0. The molecule has 0 aliphatic heterocycles. The molecule has 0 heterocycles. The van der Waals surface area contributed by atoms with Crippen LogP contribution in [0.2, 0.25) is 0 Å². The standard InChI is InChI=1S/C19H23NO5S/c1-23-18-12-11-17(13-19(18)24-2)26(21,22)20-14-7-9-16(10-8-14)25-15-5-3-4-6-15/h7-13,15,20H,3-6H2,1-2H3. The Morgan fingerprint density at radius 3 is 2.19 bits per heavy atom. The van der Waals surface area contributed by atoms with Crippen molar-refractivity contribution in [2.24, 2.45) is 0 Å². The first-order chi connectivity index (χ1) is 12.5. The lowest BCUT2D eigenvalue weighted by molar-refractivity contribution is 0.210. The molecule has 0 atom stereocenters. The Bertz CT molecular complexity index is 843. The summed E-state index contributed by atoms with van der Waals surface area (Å²) in [6.07, 6.45) is 4.83. The van der Waals surface area contributed by atoms with Crippen molar-refractivity contribution in [3.8, 4) is 17.2 Å². The molecule has 0 radical (unpaired) electrons. The Morgan fingerprint density at radius 1 is 0.923 bits per heavy atom. The normalized spacial score (nSPS) is 14.8. The van der Waals surface area contributed by atoms with Crippen LogP contribution >= 0.6 is 0 Å². The maximum Gasteiger partial charge on any atom is 0.262 e. The van der Waals surface area contributed by atoms with E-state index >= 15 is 0 Å². The molecule has 140 valence electrons. The fraction of sp³-hybridized carbons (Fsp3) is 0.368. The zero-order valence-electron chi connectivity index (χ0n) is 14.9. The second-order valence-electron chi connectivity index (χ2n) is 6.17. The summed E-state index contributed by atoms with van der Waals surface area (Å²) >= 11 is 0. The molecule has 2 aromatic rings. The number of hydrogen-bond donors (Lipinski definition) is 1. The number of hydrogen-bond acceptors (Lipinski definition) is 5. The fourth-order valence-corrected chi connectivity index (χ4v) is 4.07. The Morgan fingerprint density at radius 2 is 1.58 bits per heavy atom. The van der Waals surface area contributed by atoms with Crippen LogP contribution in [0.3, 0.4) is 0 Å². The number of nitrogens with one attached hydrogen (secondary N) is 1. The van der Waals surface area contributed by atoms with Gasteiger partial charge in [0.15, 0.2) is 11.5 Å². The number of rotatable bonds is 7. The lowest BCUT2D eigenvalue weighted by Gasteiger charge is -2.14. The molecule has 0 unspecified atom stereocenters. The Labute approximate surface area is 154 Å². The molecule has 1 aliphatic rings. The predicted octanol–water partition coefficient (Wildman–Crippen LogP) is 3.83. The molecule has 2 aromatic carbocycles. The van der Waals surface area contributed by atoms with Gasteiger partial charge >= 0.3 is 0 Å². The SMILES string of the molecule is COc1ccc(S(=O)(=O)Nc2ccc(OC3CCCC3)cc2)cc1OC. The van der Waals surface area contributed by atoms with Gasteiger partial charge in [-0.05, 0) is 62.1 Å². The van der Waals surface area contributed by atoms with Gasteiger partial charge < -0.3 is 14.2 Å². The van der Waals surface area contributed by atoms with Crippen LogP contribution in [-0.4, -0.2) is 28.7 Å². The summed E-state index contributed by atoms with van der Waals surface area (Å²) in [4.78, 5) is 0.0985. The molecule has 0 saturated heterocycles. The van der Waals surface area contributed by atoms with E-state index in [9.17, 15) is 8.42 Å². The van der Waals surface area contributed by atoms with Crippen LogP contribution in [0.15, 0.2) is 47.4 Å². The summed E-state index contributed by atoms with van der Waals surface area (Å²) in [5, 5.41) is 0. The third-order valence-electron chi connectivity index (χ3n) is 4.38. The van der Waals surface area contributed by atoms with Crippen molar-refractivity contribution in [3.63, 3.8) is 0 Å². The molecule has 3 rings (SSSR count). The van der Waals surface area contributed by atoms with Gasteiger partial charge in [-0.15, -0.1) is 0 Å². The molecule has 0 amide bonds. The van der Waals surface area contributed by atoms with Crippen LogP contribution in [0.25, 0.3) is 0 Å². The monoisotopic (exact) mass is 377 g/mol. The van der Waals surface area contributed by atoms with E-state index in [1.807, 2.05) is 0 Å². The summed E-state index contributed by atoms with van der Waals surface area (Å²) in [5.41, 5.74) is 0.471. The lowest BCUT2D eigenvalue weighted by Crippen LogP contribution is -2.13. The van der Waals surface area contributed by atoms with Crippen molar-refractivity contribution in [3.05, 3.63) is 42.5 Å². The van der Waals surface area contributed by atoms with E-state index in [4.69, 9.17) is 14.2 Å². The van der Waals surface area contributed by atoms with Crippen LogP contribution in [0, 0.1) is 0 Å². The van der Waals surface area contributed by atoms with E-state index in [1.54, 1.807) is 30.3 Å². The largest absolute Gasteiger partial charge is 0.493 e. The highest BCUT2D eigenvalue weighted by Crippen LogP contribution is 2.30. The molecule has 1 fully saturated rings. The smallest absolute Gasteiger partial charge is 0.262 e. The average Bonchev–Trinajstić information content (AvgIpc) is 3.15. The average molecular weight is 377 g/mol. The van der Waals surface area contributed by atoms with Crippen molar-refractivity contribution in [2.75, 3.05) is 18.9 Å². The third-order valence-corrected chi connectivity index (χ3v) is 5.76. The minimum atomic E-state index is -3.73. The summed E-state index contributed by atoms with van der Waals surface area (Å²) in [6.45, 7) is 0. The van der Waals surface area contributed by atoms with E-state index in [-0.39, 0.29) is 11.0 Å². The number of methoxy groups -OCH3 is 2. The van der Waals surface area contributed by atoms with Gasteiger partial charge in [0, 0.05) is 11.8 Å². The van der Waals surface area contributed by atoms with E-state index < -0.39 is 10.0 Å². The van der Waals surface area contributed by atoms with Gasteiger partial charge in [0.1, 0.15) is 5.75 Å². The quantitative estimate of drug-likeness (QED) is 0.794. The van der Waals surface area contributed by atoms with Crippen LogP contribution < -0.4 is 18.9 Å². The maximum absolute atomic E-state index is 12.6. The molecule has 0 spiro atoms. The van der Waals surface area contributed by atoms with Crippen LogP contribution in [-0.2, 0) is 10.0 Å². The molecule has 0 aromatic heterocycles. The first kappa shape index (κ1) is 18.4. The van der Waals surface area contributed by atoms with Gasteiger partial charge in [0.05, 0.1) is 25.2 Å². The minimum absolute atomic E-state index is 0.0985. The molecular weight excluding hydrogens is 354 g/mol. The Hall–Kier alpha value is -2.41. The van der Waals surface area contributed by atoms with Gasteiger partial charge in [0.2, 0.25) is 0 Å². The highest BCUT2D eigenvalue weighted by molar-refractivity contribution is 7.92. The zero-order chi connectivity index (χ0) is 18.6. The number of ether oxygens (including phenoxy) is 3. The second-order valence-corrected chi connectivity index (χ2v) is 7.85. The van der Waals surface area contributed by atoms with E-state index in [2.05, 4.69) is 4.72 Å². The van der Waals surface area contributed by atoms with Crippen molar-refractivity contribution in [1.29, 1.82) is 0 Å². The number of benzene rings is 2. The molecule has 0 bridgehead atoms. The summed E-state index contributed by atoms with van der Waals surface area (Å²) in [7, 11) is -0.770. The summed E-state index contributed by atoms with van der Waals surface area (Å²) in [5.74, 6) is 1.58. The van der Waals surface area contributed by atoms with Crippen LogP contribution in [0.4, 0.5) is 5.69 Å². The Kier molecular flexibility index (Phi) is 5.56. The molecule has 1 aliphatic carbocycles. The topological polar surface area (TPSA) is 73.9 Å². The Balaban J connectivity index is 1.72. The van der Waals surface area contributed by atoms with E-state index in [1.165, 1.54) is 39.2 Å². The second kappa shape index (κ2) is 7.86. The van der Waals surface area contributed by atoms with E-state index in [0.717, 1.165) is 18.6 Å². The molecule has 26 heavy (non-hydrogen) atoms. The van der Waals surface area contributed by atoms with Gasteiger partial charge in [-0.1, -0.05) is 0 Å². The number of anilines is 1. The predicted molar refractivity (Wildman–Crippen MR) is 99.7 cm³/mol. The van der Waals surface area contributed by atoms with Crippen molar-refractivity contribution in [2.45, 2.75) is 36.7 Å². The van der Waals surface area contributed by atoms with Gasteiger partial charge in [-0.3, -0.25) is 4.72 Å². The van der Waals surface area contributed by atoms with Crippen LogP contribution in [0.5, 0.6) is 17.2 Å². The van der Waals surface area contributed by atoms with Crippen molar-refractivity contribution >= 4 is 15.7 Å². The zero-order valence-corrected chi connectivity index (χ0v) is 15.7. The van der Waals surface area contributed by atoms with Gasteiger partial charge in [-0.2, -0.15) is 0 Å².